The maximum absolute atomic E-state index is 12.5. The first-order chi connectivity index (χ1) is 12.7. The van der Waals surface area contributed by atoms with Gasteiger partial charge < -0.3 is 10.6 Å². The van der Waals surface area contributed by atoms with Crippen molar-refractivity contribution in [2.24, 2.45) is 4.99 Å². The first kappa shape index (κ1) is 21.1. The molecular weight excluding hydrogens is 405 g/mol. The van der Waals surface area contributed by atoms with E-state index in [0.29, 0.717) is 5.96 Å². The molecule has 0 aliphatic heterocycles. The van der Waals surface area contributed by atoms with Gasteiger partial charge in [-0.25, -0.2) is 18.1 Å². The lowest BCUT2D eigenvalue weighted by Crippen LogP contribution is -2.41. The van der Waals surface area contributed by atoms with Crippen LogP contribution in [-0.2, 0) is 22.7 Å². The summed E-state index contributed by atoms with van der Waals surface area (Å²) in [6.07, 6.45) is -1.77. The lowest BCUT2D eigenvalue weighted by Gasteiger charge is -2.11. The van der Waals surface area contributed by atoms with Gasteiger partial charge in [0.1, 0.15) is 9.90 Å². The van der Waals surface area contributed by atoms with Crippen molar-refractivity contribution in [1.29, 1.82) is 0 Å². The van der Waals surface area contributed by atoms with Crippen molar-refractivity contribution < 1.29 is 21.6 Å². The molecule has 2 aromatic heterocycles. The number of nitrogens with one attached hydrogen (secondary N) is 3. The fraction of sp³-hybridized carbons (Fsp3) is 0.357. The van der Waals surface area contributed by atoms with Crippen LogP contribution < -0.4 is 15.4 Å². The summed E-state index contributed by atoms with van der Waals surface area (Å²) in [6.45, 7) is 0.347. The van der Waals surface area contributed by atoms with E-state index in [1.807, 2.05) is 0 Å². The molecule has 2 heterocycles. The van der Waals surface area contributed by atoms with Gasteiger partial charge in [-0.1, -0.05) is 0 Å². The standard InChI is InChI=1S/C14H17F3N6O2S2/c1-18-13(21-8-12-23-11(9-26-12)14(15,16)17)20-5-6-22-27(24,25)10-3-2-4-19-7-10/h2-4,7,9,22H,5-6,8H2,1H3,(H2,18,20,21). The zero-order chi connectivity index (χ0) is 19.9. The van der Waals surface area contributed by atoms with Gasteiger partial charge in [0.15, 0.2) is 11.7 Å². The van der Waals surface area contributed by atoms with Crippen LogP contribution in [-0.4, -0.2) is 44.5 Å². The molecule has 0 aliphatic rings. The first-order valence-electron chi connectivity index (χ1n) is 7.58. The van der Waals surface area contributed by atoms with Crippen LogP contribution >= 0.6 is 11.3 Å². The number of aliphatic imine (C=N–C) groups is 1. The Morgan fingerprint density at radius 2 is 2.07 bits per heavy atom. The summed E-state index contributed by atoms with van der Waals surface area (Å²) in [5.74, 6) is 0.305. The van der Waals surface area contributed by atoms with E-state index in [0.717, 1.165) is 16.7 Å². The van der Waals surface area contributed by atoms with Gasteiger partial charge in [0.05, 0.1) is 6.54 Å². The molecule has 0 saturated carbocycles. The van der Waals surface area contributed by atoms with Gasteiger partial charge in [-0.2, -0.15) is 13.2 Å². The third-order valence-corrected chi connectivity index (χ3v) is 5.42. The summed E-state index contributed by atoms with van der Waals surface area (Å²) in [5.41, 5.74) is -0.933. The quantitative estimate of drug-likeness (QED) is 0.352. The number of guanidine groups is 1. The van der Waals surface area contributed by atoms with Crippen LogP contribution in [0.3, 0.4) is 0 Å². The van der Waals surface area contributed by atoms with E-state index in [1.54, 1.807) is 0 Å². The van der Waals surface area contributed by atoms with Gasteiger partial charge in [0.25, 0.3) is 0 Å². The topological polar surface area (TPSA) is 108 Å². The number of nitrogens with zero attached hydrogens (tertiary/aromatic N) is 3. The summed E-state index contributed by atoms with van der Waals surface area (Å²) < 4.78 is 64.0. The SMILES string of the molecule is CN=C(NCCNS(=O)(=O)c1cccnc1)NCc1nc(C(F)(F)F)cs1. The van der Waals surface area contributed by atoms with Gasteiger partial charge in [0.2, 0.25) is 10.0 Å². The van der Waals surface area contributed by atoms with Gasteiger partial charge >= 0.3 is 6.18 Å². The Morgan fingerprint density at radius 3 is 2.67 bits per heavy atom. The third-order valence-electron chi connectivity index (χ3n) is 3.13. The summed E-state index contributed by atoms with van der Waals surface area (Å²) in [7, 11) is -2.17. The van der Waals surface area contributed by atoms with Gasteiger partial charge in [-0.15, -0.1) is 11.3 Å². The molecule has 0 atom stereocenters. The Hall–Kier alpha value is -2.25. The summed E-state index contributed by atoms with van der Waals surface area (Å²) in [6, 6.07) is 2.94. The highest BCUT2D eigenvalue weighted by atomic mass is 32.2. The molecule has 0 aromatic carbocycles. The van der Waals surface area contributed by atoms with Crippen LogP contribution in [0, 0.1) is 0 Å². The van der Waals surface area contributed by atoms with Gasteiger partial charge in [0, 0.05) is 37.9 Å². The van der Waals surface area contributed by atoms with E-state index < -0.39 is 21.9 Å². The second-order valence-corrected chi connectivity index (χ2v) is 7.77. The normalized spacial score (nSPS) is 12.8. The molecule has 148 valence electrons. The average Bonchev–Trinajstić information content (AvgIpc) is 3.11. The minimum atomic E-state index is -4.47. The summed E-state index contributed by atoms with van der Waals surface area (Å²) >= 11 is 0.884. The van der Waals surface area contributed by atoms with E-state index >= 15 is 0 Å². The number of alkyl halides is 3. The Bertz CT molecular complexity index is 868. The Labute approximate surface area is 158 Å². The molecule has 0 amide bonds. The number of hydrogen-bond acceptors (Lipinski definition) is 6. The van der Waals surface area contributed by atoms with Gasteiger partial charge in [-0.3, -0.25) is 9.98 Å². The second-order valence-electron chi connectivity index (χ2n) is 5.06. The highest BCUT2D eigenvalue weighted by Gasteiger charge is 2.33. The Balaban J connectivity index is 1.77. The zero-order valence-corrected chi connectivity index (χ0v) is 15.7. The highest BCUT2D eigenvalue weighted by Crippen LogP contribution is 2.29. The van der Waals surface area contributed by atoms with Crippen molar-refractivity contribution in [3.63, 3.8) is 0 Å². The summed E-state index contributed by atoms with van der Waals surface area (Å²) in [5, 5.41) is 6.86. The van der Waals surface area contributed by atoms with Crippen molar-refractivity contribution in [2.75, 3.05) is 20.1 Å². The summed E-state index contributed by atoms with van der Waals surface area (Å²) in [4.78, 5) is 11.2. The molecule has 0 saturated heterocycles. The van der Waals surface area contributed by atoms with Gasteiger partial charge in [-0.05, 0) is 12.1 Å². The zero-order valence-electron chi connectivity index (χ0n) is 14.1. The number of rotatable bonds is 7. The molecule has 0 aliphatic carbocycles. The van der Waals surface area contributed by atoms with E-state index in [9.17, 15) is 21.6 Å². The minimum Gasteiger partial charge on any atom is -0.355 e. The number of thiazole rings is 1. The molecule has 13 heteroatoms. The molecule has 2 aromatic rings. The Morgan fingerprint density at radius 1 is 1.30 bits per heavy atom. The molecule has 0 fully saturated rings. The number of pyridine rings is 1. The molecule has 0 radical (unpaired) electrons. The van der Waals surface area contributed by atoms with Crippen LogP contribution in [0.1, 0.15) is 10.7 Å². The fourth-order valence-corrected chi connectivity index (χ4v) is 3.59. The van der Waals surface area contributed by atoms with Crippen LogP contribution in [0.2, 0.25) is 0 Å². The molecule has 0 bridgehead atoms. The van der Waals surface area contributed by atoms with Crippen LogP contribution in [0.25, 0.3) is 0 Å². The number of sulfonamides is 1. The molecular formula is C14H17F3N6O2S2. The molecule has 0 spiro atoms. The highest BCUT2D eigenvalue weighted by molar-refractivity contribution is 7.89. The molecule has 2 rings (SSSR count). The van der Waals surface area contributed by atoms with Crippen LogP contribution in [0.5, 0.6) is 0 Å². The van der Waals surface area contributed by atoms with Crippen molar-refractivity contribution in [1.82, 2.24) is 25.3 Å². The largest absolute Gasteiger partial charge is 0.434 e. The predicted octanol–water partition coefficient (Wildman–Crippen LogP) is 1.20. The van der Waals surface area contributed by atoms with E-state index in [4.69, 9.17) is 0 Å². The lowest BCUT2D eigenvalue weighted by molar-refractivity contribution is -0.140. The van der Waals surface area contributed by atoms with Crippen molar-refractivity contribution in [3.8, 4) is 0 Å². The lowest BCUT2D eigenvalue weighted by atomic mass is 10.5. The van der Waals surface area contributed by atoms with Crippen molar-refractivity contribution >= 4 is 27.3 Å². The van der Waals surface area contributed by atoms with Crippen molar-refractivity contribution in [2.45, 2.75) is 17.6 Å². The second kappa shape index (κ2) is 9.10. The minimum absolute atomic E-state index is 0.0525. The smallest absolute Gasteiger partial charge is 0.355 e. The van der Waals surface area contributed by atoms with E-state index in [-0.39, 0.29) is 29.5 Å². The fourth-order valence-electron chi connectivity index (χ4n) is 1.86. The monoisotopic (exact) mass is 422 g/mol. The van der Waals surface area contributed by atoms with E-state index in [2.05, 4.69) is 30.3 Å². The maximum Gasteiger partial charge on any atom is 0.434 e. The maximum atomic E-state index is 12.5. The third kappa shape index (κ3) is 6.45. The Kier molecular flexibility index (Phi) is 7.10. The molecule has 0 unspecified atom stereocenters. The van der Waals surface area contributed by atoms with Crippen molar-refractivity contribution in [3.05, 3.63) is 40.6 Å². The molecule has 3 N–H and O–H groups in total. The average molecular weight is 422 g/mol. The number of hydrogen-bond donors (Lipinski definition) is 3. The predicted molar refractivity (Wildman–Crippen MR) is 94.7 cm³/mol. The number of halogens is 3. The molecule has 27 heavy (non-hydrogen) atoms. The van der Waals surface area contributed by atoms with E-state index in [1.165, 1.54) is 31.6 Å². The van der Waals surface area contributed by atoms with Crippen LogP contribution in [0.15, 0.2) is 39.8 Å². The van der Waals surface area contributed by atoms with Crippen LogP contribution in [0.4, 0.5) is 13.2 Å². The number of aromatic nitrogens is 2. The first-order valence-corrected chi connectivity index (χ1v) is 9.94. The molecule has 8 nitrogen and oxygen atoms in total.